The molecule has 1 spiro atoms. The fourth-order valence-electron chi connectivity index (χ4n) is 5.72. The Morgan fingerprint density at radius 3 is 2.64 bits per heavy atom. The van der Waals surface area contributed by atoms with Gasteiger partial charge in [-0.1, -0.05) is 35.9 Å². The number of hydrogen-bond donors (Lipinski definition) is 0. The molecule has 2 aromatic rings. The molecule has 194 valence electrons. The minimum Gasteiger partial charge on any atom is -0.490 e. The molecule has 3 aliphatic rings. The number of amides is 1. The summed E-state index contributed by atoms with van der Waals surface area (Å²) in [5.74, 6) is 2.11. The molecule has 2 saturated heterocycles. The third kappa shape index (κ3) is 5.81. The molecule has 5 nitrogen and oxygen atoms in total. The summed E-state index contributed by atoms with van der Waals surface area (Å²) in [5, 5.41) is 0.686. The quantitative estimate of drug-likeness (QED) is 0.387. The molecular weight excluding hydrogens is 494 g/mol. The standard InChI is InChI=1S/C29H36ClNO4S/c1-28(2,3)35-27(32)31-14-12-29(13-15-31)18-23-24(11-16-36-21-7-5-4-6-8-21)34-25-17-20(30)9-10-22(25)26(23)33-19-29/h4-10,17,23-24,26H,11-16,18-19H2,1-3H3. The van der Waals surface area contributed by atoms with Crippen molar-refractivity contribution in [2.24, 2.45) is 11.3 Å². The number of rotatable bonds is 4. The number of piperidine rings is 1. The molecule has 0 N–H and O–H groups in total. The second-order valence-corrected chi connectivity index (χ2v) is 13.0. The van der Waals surface area contributed by atoms with Crippen LogP contribution in [-0.2, 0) is 9.47 Å². The summed E-state index contributed by atoms with van der Waals surface area (Å²) in [6, 6.07) is 16.4. The topological polar surface area (TPSA) is 48.0 Å². The van der Waals surface area contributed by atoms with E-state index in [9.17, 15) is 4.79 Å². The molecule has 3 atom stereocenters. The van der Waals surface area contributed by atoms with E-state index in [0.717, 1.165) is 42.7 Å². The first kappa shape index (κ1) is 25.7. The Morgan fingerprint density at radius 1 is 1.17 bits per heavy atom. The maximum atomic E-state index is 12.6. The third-order valence-corrected chi connectivity index (χ3v) is 8.84. The lowest BCUT2D eigenvalue weighted by Gasteiger charge is -2.52. The van der Waals surface area contributed by atoms with Gasteiger partial charge < -0.3 is 19.1 Å². The summed E-state index contributed by atoms with van der Waals surface area (Å²) >= 11 is 8.18. The van der Waals surface area contributed by atoms with E-state index in [4.69, 9.17) is 25.8 Å². The number of carbonyl (C=O) groups excluding carboxylic acids is 1. The number of ether oxygens (including phenoxy) is 3. The Bertz CT molecular complexity index is 1060. The maximum absolute atomic E-state index is 12.6. The molecule has 0 bridgehead atoms. The highest BCUT2D eigenvalue weighted by molar-refractivity contribution is 7.99. The van der Waals surface area contributed by atoms with Crippen LogP contribution in [0.25, 0.3) is 0 Å². The summed E-state index contributed by atoms with van der Waals surface area (Å²) in [5.41, 5.74) is 0.698. The van der Waals surface area contributed by atoms with Gasteiger partial charge in [0.25, 0.3) is 0 Å². The van der Waals surface area contributed by atoms with Gasteiger partial charge in [-0.2, -0.15) is 0 Å². The first-order valence-electron chi connectivity index (χ1n) is 12.9. The van der Waals surface area contributed by atoms with Gasteiger partial charge in [0, 0.05) is 40.2 Å². The fourth-order valence-corrected chi connectivity index (χ4v) is 6.82. The van der Waals surface area contributed by atoms with Gasteiger partial charge in [-0.25, -0.2) is 4.79 Å². The molecule has 0 aliphatic carbocycles. The number of carbonyl (C=O) groups is 1. The number of halogens is 1. The smallest absolute Gasteiger partial charge is 0.410 e. The SMILES string of the molecule is CC(C)(C)OC(=O)N1CCC2(CC1)COC1c3ccc(Cl)cc3OC(CCSc3ccccc3)C1C2. The van der Waals surface area contributed by atoms with Crippen molar-refractivity contribution in [1.29, 1.82) is 0 Å². The minimum absolute atomic E-state index is 0.0206. The van der Waals surface area contributed by atoms with Crippen molar-refractivity contribution in [1.82, 2.24) is 4.90 Å². The normalized spacial score (nSPS) is 25.0. The van der Waals surface area contributed by atoms with E-state index in [1.807, 2.05) is 55.6 Å². The zero-order chi connectivity index (χ0) is 25.3. The monoisotopic (exact) mass is 529 g/mol. The van der Waals surface area contributed by atoms with Crippen molar-refractivity contribution in [3.8, 4) is 5.75 Å². The van der Waals surface area contributed by atoms with Crippen molar-refractivity contribution < 1.29 is 19.0 Å². The van der Waals surface area contributed by atoms with Crippen LogP contribution in [0.1, 0.15) is 58.1 Å². The molecule has 3 unspecified atom stereocenters. The van der Waals surface area contributed by atoms with Crippen LogP contribution in [0, 0.1) is 11.3 Å². The van der Waals surface area contributed by atoms with E-state index in [-0.39, 0.29) is 29.6 Å². The second-order valence-electron chi connectivity index (χ2n) is 11.4. The molecule has 5 rings (SSSR count). The Kier molecular flexibility index (Phi) is 7.49. The van der Waals surface area contributed by atoms with Crippen molar-refractivity contribution >= 4 is 29.5 Å². The maximum Gasteiger partial charge on any atom is 0.410 e. The number of hydrogen-bond acceptors (Lipinski definition) is 5. The Labute approximate surface area is 223 Å². The van der Waals surface area contributed by atoms with Crippen LogP contribution in [0.15, 0.2) is 53.4 Å². The zero-order valence-electron chi connectivity index (χ0n) is 21.4. The largest absolute Gasteiger partial charge is 0.490 e. The Morgan fingerprint density at radius 2 is 1.92 bits per heavy atom. The summed E-state index contributed by atoms with van der Waals surface area (Å²) in [7, 11) is 0. The first-order chi connectivity index (χ1) is 17.2. The molecule has 2 fully saturated rings. The highest BCUT2D eigenvalue weighted by Crippen LogP contribution is 2.53. The molecule has 2 aromatic carbocycles. The van der Waals surface area contributed by atoms with Crippen molar-refractivity contribution in [2.45, 2.75) is 69.2 Å². The lowest BCUT2D eigenvalue weighted by molar-refractivity contribution is -0.153. The Balaban J connectivity index is 1.29. The van der Waals surface area contributed by atoms with E-state index in [1.165, 1.54) is 4.90 Å². The minimum atomic E-state index is -0.478. The molecule has 36 heavy (non-hydrogen) atoms. The first-order valence-corrected chi connectivity index (χ1v) is 14.3. The lowest BCUT2D eigenvalue weighted by atomic mass is 9.67. The number of fused-ring (bicyclic) bond motifs is 3. The molecule has 1 amide bonds. The molecule has 7 heteroatoms. The van der Waals surface area contributed by atoms with E-state index < -0.39 is 5.60 Å². The number of thioether (sulfide) groups is 1. The molecular formula is C29H36ClNO4S. The number of likely N-dealkylation sites (tertiary alicyclic amines) is 1. The molecule has 0 saturated carbocycles. The van der Waals surface area contributed by atoms with Crippen LogP contribution >= 0.6 is 23.4 Å². The second kappa shape index (κ2) is 10.5. The van der Waals surface area contributed by atoms with E-state index in [0.29, 0.717) is 24.7 Å². The zero-order valence-corrected chi connectivity index (χ0v) is 22.9. The summed E-state index contributed by atoms with van der Waals surface area (Å²) < 4.78 is 18.9. The van der Waals surface area contributed by atoms with Crippen molar-refractivity contribution in [3.63, 3.8) is 0 Å². The molecule has 0 radical (unpaired) electrons. The van der Waals surface area contributed by atoms with Crippen molar-refractivity contribution in [3.05, 3.63) is 59.1 Å². The Hall–Kier alpha value is -1.89. The predicted molar refractivity (Wildman–Crippen MR) is 144 cm³/mol. The van der Waals surface area contributed by atoms with E-state index in [2.05, 4.69) is 30.3 Å². The van der Waals surface area contributed by atoms with Gasteiger partial charge in [-0.05, 0) is 76.1 Å². The highest BCUT2D eigenvalue weighted by atomic mass is 35.5. The van der Waals surface area contributed by atoms with Crippen LogP contribution < -0.4 is 4.74 Å². The summed E-state index contributed by atoms with van der Waals surface area (Å²) in [6.45, 7) is 7.86. The van der Waals surface area contributed by atoms with Gasteiger partial charge in [0.05, 0.1) is 12.7 Å². The van der Waals surface area contributed by atoms with Crippen molar-refractivity contribution in [2.75, 3.05) is 25.4 Å². The lowest BCUT2D eigenvalue weighted by Crippen LogP contribution is -2.52. The average molecular weight is 530 g/mol. The van der Waals surface area contributed by atoms with Gasteiger partial charge in [0.2, 0.25) is 0 Å². The van der Waals surface area contributed by atoms with E-state index in [1.54, 1.807) is 0 Å². The van der Waals surface area contributed by atoms with Gasteiger partial charge in [0.15, 0.2) is 0 Å². The summed E-state index contributed by atoms with van der Waals surface area (Å²) in [6.07, 6.45) is 3.71. The van der Waals surface area contributed by atoms with Crippen LogP contribution in [-0.4, -0.2) is 48.1 Å². The fraction of sp³-hybridized carbons (Fsp3) is 0.552. The predicted octanol–water partition coefficient (Wildman–Crippen LogP) is 7.38. The van der Waals surface area contributed by atoms with Crippen LogP contribution in [0.4, 0.5) is 4.79 Å². The molecule has 3 aliphatic heterocycles. The average Bonchev–Trinajstić information content (AvgIpc) is 2.84. The van der Waals surface area contributed by atoms with Crippen LogP contribution in [0.2, 0.25) is 5.02 Å². The third-order valence-electron chi connectivity index (χ3n) is 7.55. The molecule has 0 aromatic heterocycles. The van der Waals surface area contributed by atoms with Gasteiger partial charge in [-0.15, -0.1) is 11.8 Å². The van der Waals surface area contributed by atoms with Crippen LogP contribution in [0.3, 0.4) is 0 Å². The van der Waals surface area contributed by atoms with Gasteiger partial charge in [0.1, 0.15) is 17.5 Å². The summed E-state index contributed by atoms with van der Waals surface area (Å²) in [4.78, 5) is 15.7. The van der Waals surface area contributed by atoms with Gasteiger partial charge in [-0.3, -0.25) is 0 Å². The highest BCUT2D eigenvalue weighted by Gasteiger charge is 2.50. The van der Waals surface area contributed by atoms with Gasteiger partial charge >= 0.3 is 6.09 Å². The number of nitrogens with zero attached hydrogens (tertiary/aromatic N) is 1. The number of benzene rings is 2. The van der Waals surface area contributed by atoms with Crippen LogP contribution in [0.5, 0.6) is 5.75 Å². The van der Waals surface area contributed by atoms with E-state index >= 15 is 0 Å². The molecule has 3 heterocycles.